The van der Waals surface area contributed by atoms with Crippen LogP contribution in [0.15, 0.2) is 65.7 Å². The molecule has 27 heavy (non-hydrogen) atoms. The van der Waals surface area contributed by atoms with Crippen molar-refractivity contribution in [3.05, 3.63) is 66.2 Å². The lowest BCUT2D eigenvalue weighted by Crippen LogP contribution is -2.46. The number of hydrogen-bond donors (Lipinski definition) is 3. The van der Waals surface area contributed by atoms with Gasteiger partial charge < -0.3 is 20.6 Å². The van der Waals surface area contributed by atoms with Crippen LogP contribution < -0.4 is 15.5 Å². The number of nitrogens with one attached hydrogen (secondary N) is 2. The number of likely N-dealkylation sites (N-methyl/N-ethyl adjacent to an activating group) is 1. The van der Waals surface area contributed by atoms with Gasteiger partial charge in [0.25, 0.3) is 0 Å². The Bertz CT molecular complexity index is 666. The molecule has 2 aromatic carbocycles. The number of aliphatic hydroxyl groups is 1. The average molecular weight is 482 g/mol. The molecule has 0 aliphatic carbocycles. The average Bonchev–Trinajstić information content (AvgIpc) is 2.71. The van der Waals surface area contributed by atoms with Crippen molar-refractivity contribution in [2.45, 2.75) is 18.9 Å². The molecule has 0 heterocycles. The second-order valence-electron chi connectivity index (χ2n) is 6.42. The van der Waals surface area contributed by atoms with Gasteiger partial charge in [0.1, 0.15) is 0 Å². The van der Waals surface area contributed by atoms with E-state index in [0.717, 1.165) is 18.1 Å². The van der Waals surface area contributed by atoms with Crippen LogP contribution in [-0.2, 0) is 0 Å². The number of guanidine groups is 1. The largest absolute Gasteiger partial charge is 0.396 e. The van der Waals surface area contributed by atoms with Crippen molar-refractivity contribution < 1.29 is 5.11 Å². The first-order chi connectivity index (χ1) is 12.7. The van der Waals surface area contributed by atoms with Crippen LogP contribution in [-0.4, -0.2) is 50.9 Å². The van der Waals surface area contributed by atoms with Crippen molar-refractivity contribution in [1.29, 1.82) is 0 Å². The summed E-state index contributed by atoms with van der Waals surface area (Å²) in [5, 5.41) is 16.4. The van der Waals surface area contributed by atoms with Crippen LogP contribution in [0.25, 0.3) is 0 Å². The molecule has 0 fully saturated rings. The quantitative estimate of drug-likeness (QED) is 0.308. The number of hydrogen-bond acceptors (Lipinski definition) is 3. The van der Waals surface area contributed by atoms with E-state index in [1.165, 1.54) is 5.69 Å². The molecular formula is C21H31IN4O. The van der Waals surface area contributed by atoms with E-state index < -0.39 is 0 Å². The summed E-state index contributed by atoms with van der Waals surface area (Å²) in [7, 11) is 3.85. The van der Waals surface area contributed by atoms with Crippen molar-refractivity contribution in [3.63, 3.8) is 0 Å². The molecule has 0 aliphatic rings. The first kappa shape index (κ1) is 23.2. The summed E-state index contributed by atoms with van der Waals surface area (Å²) < 4.78 is 0. The number of aliphatic imine (C=N–C) groups is 1. The molecule has 5 nitrogen and oxygen atoms in total. The SMILES string of the molecule is CN=C(NCC(CO)c1ccccc1)NCC(C)N(C)c1ccccc1.I. The minimum Gasteiger partial charge on any atom is -0.396 e. The van der Waals surface area contributed by atoms with Crippen LogP contribution in [0.5, 0.6) is 0 Å². The summed E-state index contributed by atoms with van der Waals surface area (Å²) >= 11 is 0. The number of benzene rings is 2. The molecule has 0 bridgehead atoms. The standard InChI is InChI=1S/C21H30N4O.HI/c1-17(25(3)20-12-8-5-9-13-20)14-23-21(22-2)24-15-19(16-26)18-10-6-4-7-11-18;/h4-13,17,19,26H,14-16H2,1-3H3,(H2,22,23,24);1H. The zero-order chi connectivity index (χ0) is 18.8. The van der Waals surface area contributed by atoms with Crippen molar-refractivity contribution >= 4 is 35.6 Å². The second-order valence-corrected chi connectivity index (χ2v) is 6.42. The monoisotopic (exact) mass is 482 g/mol. The Labute approximate surface area is 179 Å². The van der Waals surface area contributed by atoms with Gasteiger partial charge in [0, 0.05) is 44.8 Å². The fourth-order valence-electron chi connectivity index (χ4n) is 2.75. The fourth-order valence-corrected chi connectivity index (χ4v) is 2.75. The molecule has 148 valence electrons. The highest BCUT2D eigenvalue weighted by Crippen LogP contribution is 2.14. The minimum absolute atomic E-state index is 0. The normalized spacial score (nSPS) is 13.3. The molecule has 2 rings (SSSR count). The summed E-state index contributed by atoms with van der Waals surface area (Å²) in [6.45, 7) is 3.66. The van der Waals surface area contributed by atoms with Crippen LogP contribution >= 0.6 is 24.0 Å². The third-order valence-corrected chi connectivity index (χ3v) is 4.62. The summed E-state index contributed by atoms with van der Waals surface area (Å²) in [5.41, 5.74) is 2.31. The van der Waals surface area contributed by atoms with E-state index in [9.17, 15) is 5.11 Å². The highest BCUT2D eigenvalue weighted by molar-refractivity contribution is 14.0. The van der Waals surface area contributed by atoms with Crippen molar-refractivity contribution in [2.24, 2.45) is 4.99 Å². The van der Waals surface area contributed by atoms with Crippen molar-refractivity contribution in [3.8, 4) is 0 Å². The molecule has 2 unspecified atom stereocenters. The Morgan fingerprint density at radius 1 is 1.00 bits per heavy atom. The third kappa shape index (κ3) is 7.38. The van der Waals surface area contributed by atoms with Crippen LogP contribution in [0, 0.1) is 0 Å². The highest BCUT2D eigenvalue weighted by Gasteiger charge is 2.13. The Hall–Kier alpha value is -1.80. The third-order valence-electron chi connectivity index (χ3n) is 4.62. The van der Waals surface area contributed by atoms with Gasteiger partial charge in [-0.1, -0.05) is 48.5 Å². The van der Waals surface area contributed by atoms with E-state index in [1.54, 1.807) is 7.05 Å². The number of halogens is 1. The highest BCUT2D eigenvalue weighted by atomic mass is 127. The van der Waals surface area contributed by atoms with Crippen LogP contribution in [0.1, 0.15) is 18.4 Å². The lowest BCUT2D eigenvalue weighted by molar-refractivity contribution is 0.265. The van der Waals surface area contributed by atoms with E-state index in [-0.39, 0.29) is 36.5 Å². The van der Waals surface area contributed by atoms with Crippen LogP contribution in [0.4, 0.5) is 5.69 Å². The maximum Gasteiger partial charge on any atom is 0.191 e. The van der Waals surface area contributed by atoms with Gasteiger partial charge in [-0.3, -0.25) is 4.99 Å². The van der Waals surface area contributed by atoms with Gasteiger partial charge in [-0.25, -0.2) is 0 Å². The number of nitrogens with zero attached hydrogens (tertiary/aromatic N) is 2. The van der Waals surface area contributed by atoms with Gasteiger partial charge in [-0.15, -0.1) is 24.0 Å². The van der Waals surface area contributed by atoms with Gasteiger partial charge in [-0.2, -0.15) is 0 Å². The first-order valence-electron chi connectivity index (χ1n) is 9.04. The molecule has 2 aromatic rings. The molecule has 0 radical (unpaired) electrons. The molecule has 2 atom stereocenters. The second kappa shape index (κ2) is 12.6. The first-order valence-corrected chi connectivity index (χ1v) is 9.04. The number of aliphatic hydroxyl groups excluding tert-OH is 1. The molecule has 0 aliphatic heterocycles. The van der Waals surface area contributed by atoms with Crippen LogP contribution in [0.2, 0.25) is 0 Å². The maximum atomic E-state index is 9.68. The van der Waals surface area contributed by atoms with E-state index in [4.69, 9.17) is 0 Å². The number of anilines is 1. The fraction of sp³-hybridized carbons (Fsp3) is 0.381. The van der Waals surface area contributed by atoms with Gasteiger partial charge in [0.15, 0.2) is 5.96 Å². The number of rotatable bonds is 8. The van der Waals surface area contributed by atoms with Gasteiger partial charge >= 0.3 is 0 Å². The number of para-hydroxylation sites is 1. The minimum atomic E-state index is 0. The summed E-state index contributed by atoms with van der Waals surface area (Å²) in [6.07, 6.45) is 0. The molecule has 0 saturated heterocycles. The Morgan fingerprint density at radius 3 is 2.11 bits per heavy atom. The lowest BCUT2D eigenvalue weighted by Gasteiger charge is -2.28. The predicted molar refractivity (Wildman–Crippen MR) is 125 cm³/mol. The van der Waals surface area contributed by atoms with Gasteiger partial charge in [0.05, 0.1) is 6.61 Å². The lowest BCUT2D eigenvalue weighted by atomic mass is 10.0. The summed E-state index contributed by atoms with van der Waals surface area (Å²) in [5.74, 6) is 0.784. The molecule has 0 aromatic heterocycles. The summed E-state index contributed by atoms with van der Waals surface area (Å²) in [4.78, 5) is 6.52. The predicted octanol–water partition coefficient (Wildman–Crippen LogP) is 3.07. The summed E-state index contributed by atoms with van der Waals surface area (Å²) in [6, 6.07) is 20.7. The van der Waals surface area contributed by atoms with Crippen molar-refractivity contribution in [2.75, 3.05) is 38.7 Å². The molecular weight excluding hydrogens is 451 g/mol. The molecule has 6 heteroatoms. The smallest absolute Gasteiger partial charge is 0.191 e. The zero-order valence-electron chi connectivity index (χ0n) is 16.3. The van der Waals surface area contributed by atoms with E-state index >= 15 is 0 Å². The van der Waals surface area contributed by atoms with Crippen molar-refractivity contribution in [1.82, 2.24) is 10.6 Å². The Morgan fingerprint density at radius 2 is 1.56 bits per heavy atom. The maximum absolute atomic E-state index is 9.68. The van der Waals surface area contributed by atoms with Crippen LogP contribution in [0.3, 0.4) is 0 Å². The molecule has 0 spiro atoms. The zero-order valence-corrected chi connectivity index (χ0v) is 18.6. The topological polar surface area (TPSA) is 59.9 Å². The molecule has 3 N–H and O–H groups in total. The van der Waals surface area contributed by atoms with E-state index in [1.807, 2.05) is 48.5 Å². The molecule has 0 amide bonds. The molecule has 0 saturated carbocycles. The Balaban J connectivity index is 0.00000364. The van der Waals surface area contributed by atoms with Gasteiger partial charge in [-0.05, 0) is 24.6 Å². The Kier molecular flexibility index (Phi) is 10.8. The van der Waals surface area contributed by atoms with Gasteiger partial charge in [0.2, 0.25) is 0 Å². The van der Waals surface area contributed by atoms with E-state index in [2.05, 4.69) is 46.6 Å². The van der Waals surface area contributed by atoms with E-state index in [0.29, 0.717) is 12.6 Å².